The van der Waals surface area contributed by atoms with Crippen LogP contribution in [0, 0.1) is 5.92 Å². The van der Waals surface area contributed by atoms with Gasteiger partial charge >= 0.3 is 5.97 Å². The number of pyridine rings is 1. The Hall–Kier alpha value is -1.62. The highest BCUT2D eigenvalue weighted by Gasteiger charge is 2.34. The molecule has 1 fully saturated rings. The molecule has 1 aliphatic rings. The average Bonchev–Trinajstić information content (AvgIpc) is 2.65. The topological polar surface area (TPSA) is 82.2 Å². The fraction of sp³-hybridized carbons (Fsp3) is 0.400. The highest BCUT2D eigenvalue weighted by Crippen LogP contribution is 2.25. The Bertz CT molecular complexity index is 427. The molecule has 0 aromatic carbocycles. The van der Waals surface area contributed by atoms with E-state index in [1.54, 1.807) is 12.1 Å². The summed E-state index contributed by atoms with van der Waals surface area (Å²) in [7, 11) is 0. The van der Waals surface area contributed by atoms with E-state index in [9.17, 15) is 9.59 Å². The van der Waals surface area contributed by atoms with Gasteiger partial charge in [-0.2, -0.15) is 0 Å². The summed E-state index contributed by atoms with van der Waals surface area (Å²) in [6.07, 6.45) is 0. The number of aromatic nitrogens is 1. The van der Waals surface area contributed by atoms with Gasteiger partial charge < -0.3 is 15.4 Å². The molecule has 2 unspecified atom stereocenters. The average molecular weight is 208 g/mol. The van der Waals surface area contributed by atoms with E-state index in [0.717, 1.165) is 0 Å². The summed E-state index contributed by atoms with van der Waals surface area (Å²) in [4.78, 5) is 24.7. The van der Waals surface area contributed by atoms with E-state index in [4.69, 9.17) is 5.11 Å². The van der Waals surface area contributed by atoms with Crippen molar-refractivity contribution in [2.24, 2.45) is 5.92 Å². The van der Waals surface area contributed by atoms with Crippen LogP contribution in [0.2, 0.25) is 0 Å². The number of hydrogen-bond acceptors (Lipinski definition) is 3. The van der Waals surface area contributed by atoms with Gasteiger partial charge in [-0.15, -0.1) is 0 Å². The molecule has 1 aromatic heterocycles. The van der Waals surface area contributed by atoms with Crippen LogP contribution in [0.15, 0.2) is 23.0 Å². The van der Waals surface area contributed by atoms with Crippen LogP contribution in [0.3, 0.4) is 0 Å². The molecule has 0 bridgehead atoms. The van der Waals surface area contributed by atoms with Crippen LogP contribution in [-0.2, 0) is 4.79 Å². The quantitative estimate of drug-likeness (QED) is 0.626. The third kappa shape index (κ3) is 1.92. The fourth-order valence-corrected chi connectivity index (χ4v) is 1.95. The second-order valence-electron chi connectivity index (χ2n) is 3.68. The fourth-order valence-electron chi connectivity index (χ4n) is 1.95. The summed E-state index contributed by atoms with van der Waals surface area (Å²) in [5.74, 6) is -1.42. The lowest BCUT2D eigenvalue weighted by Gasteiger charge is -2.13. The molecule has 2 heterocycles. The molecule has 0 saturated carbocycles. The van der Waals surface area contributed by atoms with E-state index in [-0.39, 0.29) is 11.5 Å². The van der Waals surface area contributed by atoms with Crippen LogP contribution in [0.4, 0.5) is 0 Å². The summed E-state index contributed by atoms with van der Waals surface area (Å²) in [6, 6.07) is 4.82. The first-order valence-corrected chi connectivity index (χ1v) is 4.81. The zero-order valence-electron chi connectivity index (χ0n) is 8.06. The largest absolute Gasteiger partial charge is 0.481 e. The Morgan fingerprint density at radius 3 is 2.87 bits per heavy atom. The number of aliphatic carboxylic acids is 1. The van der Waals surface area contributed by atoms with Crippen molar-refractivity contribution in [1.82, 2.24) is 10.3 Å². The Morgan fingerprint density at radius 1 is 1.40 bits per heavy atom. The molecule has 1 aliphatic heterocycles. The Balaban J connectivity index is 2.30. The van der Waals surface area contributed by atoms with Gasteiger partial charge in [0.1, 0.15) is 0 Å². The van der Waals surface area contributed by atoms with E-state index in [1.165, 1.54) is 6.07 Å². The maximum absolute atomic E-state index is 11.1. The van der Waals surface area contributed by atoms with Crippen LogP contribution < -0.4 is 10.9 Å². The molecule has 5 heteroatoms. The van der Waals surface area contributed by atoms with Gasteiger partial charge in [-0.1, -0.05) is 6.07 Å². The van der Waals surface area contributed by atoms with Crippen molar-refractivity contribution in [2.75, 3.05) is 13.1 Å². The maximum atomic E-state index is 11.1. The van der Waals surface area contributed by atoms with Gasteiger partial charge in [-0.3, -0.25) is 9.59 Å². The Kier molecular flexibility index (Phi) is 2.55. The normalized spacial score (nSPS) is 25.3. The lowest BCUT2D eigenvalue weighted by molar-refractivity contribution is -0.141. The van der Waals surface area contributed by atoms with Gasteiger partial charge in [0.15, 0.2) is 0 Å². The highest BCUT2D eigenvalue weighted by atomic mass is 16.4. The Labute approximate surface area is 86.1 Å². The molecule has 15 heavy (non-hydrogen) atoms. The molecule has 1 aromatic rings. The van der Waals surface area contributed by atoms with Crippen LogP contribution in [0.25, 0.3) is 0 Å². The van der Waals surface area contributed by atoms with Gasteiger partial charge in [0, 0.05) is 30.8 Å². The van der Waals surface area contributed by atoms with E-state index < -0.39 is 11.9 Å². The maximum Gasteiger partial charge on any atom is 0.308 e. The predicted octanol–water partition coefficient (Wildman–Crippen LogP) is -0.238. The smallest absolute Gasteiger partial charge is 0.308 e. The van der Waals surface area contributed by atoms with Crippen LogP contribution in [0.1, 0.15) is 11.6 Å². The summed E-state index contributed by atoms with van der Waals surface area (Å²) >= 11 is 0. The van der Waals surface area contributed by atoms with Crippen molar-refractivity contribution in [3.63, 3.8) is 0 Å². The molecule has 1 saturated heterocycles. The van der Waals surface area contributed by atoms with E-state index in [0.29, 0.717) is 18.8 Å². The number of H-pyrrole nitrogens is 1. The van der Waals surface area contributed by atoms with Crippen molar-refractivity contribution in [1.29, 1.82) is 0 Å². The minimum absolute atomic E-state index is 0.142. The van der Waals surface area contributed by atoms with Gasteiger partial charge in [-0.25, -0.2) is 0 Å². The zero-order valence-corrected chi connectivity index (χ0v) is 8.06. The zero-order chi connectivity index (χ0) is 10.8. The number of carbonyl (C=O) groups is 1. The molecule has 5 nitrogen and oxygen atoms in total. The van der Waals surface area contributed by atoms with Crippen LogP contribution in [-0.4, -0.2) is 29.1 Å². The molecule has 2 rings (SSSR count). The first-order chi connectivity index (χ1) is 7.18. The van der Waals surface area contributed by atoms with Gasteiger partial charge in [-0.05, 0) is 6.07 Å². The molecule has 0 radical (unpaired) electrons. The van der Waals surface area contributed by atoms with Crippen molar-refractivity contribution in [3.05, 3.63) is 34.2 Å². The molecular weight excluding hydrogens is 196 g/mol. The Morgan fingerprint density at radius 2 is 2.20 bits per heavy atom. The molecule has 80 valence electrons. The number of rotatable bonds is 2. The number of aromatic amines is 1. The SMILES string of the molecule is O=C(O)C1CNCC1c1cccc(=O)[nH]1. The molecule has 0 spiro atoms. The lowest BCUT2D eigenvalue weighted by Crippen LogP contribution is -2.23. The number of hydrogen-bond donors (Lipinski definition) is 3. The summed E-state index contributed by atoms with van der Waals surface area (Å²) in [5, 5.41) is 12.0. The second kappa shape index (κ2) is 3.86. The second-order valence-corrected chi connectivity index (χ2v) is 3.68. The number of carboxylic acid groups (broad SMARTS) is 1. The van der Waals surface area contributed by atoms with Gasteiger partial charge in [0.05, 0.1) is 5.92 Å². The molecule has 0 amide bonds. The van der Waals surface area contributed by atoms with Crippen LogP contribution >= 0.6 is 0 Å². The third-order valence-corrected chi connectivity index (χ3v) is 2.72. The van der Waals surface area contributed by atoms with E-state index >= 15 is 0 Å². The summed E-state index contributed by atoms with van der Waals surface area (Å²) in [5.41, 5.74) is 0.503. The van der Waals surface area contributed by atoms with Crippen molar-refractivity contribution >= 4 is 5.97 Å². The monoisotopic (exact) mass is 208 g/mol. The third-order valence-electron chi connectivity index (χ3n) is 2.72. The van der Waals surface area contributed by atoms with Gasteiger partial charge in [0.25, 0.3) is 0 Å². The highest BCUT2D eigenvalue weighted by molar-refractivity contribution is 5.72. The van der Waals surface area contributed by atoms with E-state index in [1.807, 2.05) is 0 Å². The number of carboxylic acids is 1. The standard InChI is InChI=1S/C10H12N2O3/c13-9-3-1-2-8(12-9)6-4-11-5-7(6)10(14)15/h1-3,6-7,11H,4-5H2,(H,12,13)(H,14,15). The van der Waals surface area contributed by atoms with Crippen molar-refractivity contribution < 1.29 is 9.90 Å². The van der Waals surface area contributed by atoms with E-state index in [2.05, 4.69) is 10.3 Å². The molecule has 2 atom stereocenters. The summed E-state index contributed by atoms with van der Waals surface area (Å²) in [6.45, 7) is 1.05. The molecule has 0 aliphatic carbocycles. The van der Waals surface area contributed by atoms with Gasteiger partial charge in [0.2, 0.25) is 5.56 Å². The first kappa shape index (κ1) is 9.92. The number of nitrogens with one attached hydrogen (secondary N) is 2. The van der Waals surface area contributed by atoms with Crippen LogP contribution in [0.5, 0.6) is 0 Å². The first-order valence-electron chi connectivity index (χ1n) is 4.81. The lowest BCUT2D eigenvalue weighted by atomic mass is 9.93. The molecule has 3 N–H and O–H groups in total. The van der Waals surface area contributed by atoms with Crippen molar-refractivity contribution in [2.45, 2.75) is 5.92 Å². The minimum atomic E-state index is -0.824. The van der Waals surface area contributed by atoms with Crippen molar-refractivity contribution in [3.8, 4) is 0 Å². The molecular formula is C10H12N2O3. The summed E-state index contributed by atoms with van der Waals surface area (Å²) < 4.78 is 0. The minimum Gasteiger partial charge on any atom is -0.481 e. The predicted molar refractivity (Wildman–Crippen MR) is 53.8 cm³/mol.